The van der Waals surface area contributed by atoms with Crippen LogP contribution in [0.15, 0.2) is 16.1 Å². The van der Waals surface area contributed by atoms with Crippen molar-refractivity contribution in [2.45, 2.75) is 37.0 Å². The van der Waals surface area contributed by atoms with Crippen molar-refractivity contribution >= 4 is 23.6 Å². The van der Waals surface area contributed by atoms with Crippen LogP contribution in [0.4, 0.5) is 0 Å². The molecule has 2 aliphatic rings. The Hall–Kier alpha value is -1.83. The van der Waals surface area contributed by atoms with Gasteiger partial charge >= 0.3 is 5.97 Å². The molecule has 1 amide bonds. The highest BCUT2D eigenvalue weighted by molar-refractivity contribution is 7.99. The van der Waals surface area contributed by atoms with Gasteiger partial charge in [-0.2, -0.15) is 0 Å². The second-order valence-corrected chi connectivity index (χ2v) is 6.17. The molecule has 2 aliphatic heterocycles. The van der Waals surface area contributed by atoms with Crippen molar-refractivity contribution in [2.24, 2.45) is 0 Å². The Morgan fingerprint density at radius 3 is 2.90 bits per heavy atom. The monoisotopic (exact) mass is 309 g/mol. The van der Waals surface area contributed by atoms with Gasteiger partial charge in [-0.1, -0.05) is 11.8 Å². The maximum absolute atomic E-state index is 12.5. The maximum atomic E-state index is 12.5. The van der Waals surface area contributed by atoms with Gasteiger partial charge < -0.3 is 10.0 Å². The third-order valence-electron chi connectivity index (χ3n) is 3.84. The fraction of sp³-hybridized carbons (Fsp3) is 0.538. The van der Waals surface area contributed by atoms with Crippen LogP contribution >= 0.6 is 11.8 Å². The summed E-state index contributed by atoms with van der Waals surface area (Å²) in [5.74, 6) is -0.777. The van der Waals surface area contributed by atoms with Crippen molar-refractivity contribution < 1.29 is 14.7 Å². The molecule has 21 heavy (non-hydrogen) atoms. The number of hydrogen-bond acceptors (Lipinski definition) is 5. The molecule has 7 nitrogen and oxygen atoms in total. The number of amides is 1. The largest absolute Gasteiger partial charge is 0.480 e. The van der Waals surface area contributed by atoms with E-state index in [9.17, 15) is 19.5 Å². The Labute approximate surface area is 125 Å². The van der Waals surface area contributed by atoms with Crippen LogP contribution in [0, 0.1) is 0 Å². The molecule has 0 aromatic carbocycles. The molecule has 3 heterocycles. The summed E-state index contributed by atoms with van der Waals surface area (Å²) in [6.07, 6.45) is 3.24. The summed E-state index contributed by atoms with van der Waals surface area (Å²) in [5.41, 5.74) is -0.404. The van der Waals surface area contributed by atoms with Crippen LogP contribution in [-0.2, 0) is 11.3 Å². The summed E-state index contributed by atoms with van der Waals surface area (Å²) >= 11 is 1.48. The van der Waals surface area contributed by atoms with E-state index in [1.165, 1.54) is 27.4 Å². The zero-order valence-corrected chi connectivity index (χ0v) is 12.1. The Kier molecular flexibility index (Phi) is 3.71. The molecule has 1 aromatic heterocycles. The van der Waals surface area contributed by atoms with E-state index in [4.69, 9.17) is 0 Å². The molecule has 112 valence electrons. The Bertz CT molecular complexity index is 657. The first-order valence-electron chi connectivity index (χ1n) is 6.86. The first kappa shape index (κ1) is 14.1. The van der Waals surface area contributed by atoms with E-state index in [1.54, 1.807) is 0 Å². The van der Waals surface area contributed by atoms with Gasteiger partial charge in [0.05, 0.1) is 0 Å². The van der Waals surface area contributed by atoms with Gasteiger partial charge in [-0.15, -0.1) is 0 Å². The van der Waals surface area contributed by atoms with Gasteiger partial charge in [-0.05, 0) is 19.3 Å². The number of carbonyl (C=O) groups is 2. The smallest absolute Gasteiger partial charge is 0.326 e. The fourth-order valence-electron chi connectivity index (χ4n) is 2.75. The molecule has 3 rings (SSSR count). The van der Waals surface area contributed by atoms with Crippen LogP contribution in [0.3, 0.4) is 0 Å². The number of carbonyl (C=O) groups excluding carboxylic acids is 1. The Balaban J connectivity index is 1.95. The SMILES string of the molecule is O=C(O)[C@@H]1CCCCN1C(=O)c1cnc2n(c1=O)CCS2. The molecule has 1 N–H and O–H groups in total. The van der Waals surface area contributed by atoms with Crippen molar-refractivity contribution in [1.82, 2.24) is 14.5 Å². The quantitative estimate of drug-likeness (QED) is 0.796. The molecule has 1 fully saturated rings. The van der Waals surface area contributed by atoms with E-state index in [0.29, 0.717) is 24.7 Å². The van der Waals surface area contributed by atoms with Gasteiger partial charge in [-0.3, -0.25) is 14.2 Å². The highest BCUT2D eigenvalue weighted by Crippen LogP contribution is 2.22. The molecule has 8 heteroatoms. The van der Waals surface area contributed by atoms with Gasteiger partial charge in [0.1, 0.15) is 11.6 Å². The minimum absolute atomic E-state index is 0.0330. The number of piperidine rings is 1. The molecule has 0 radical (unpaired) electrons. The van der Waals surface area contributed by atoms with Crippen LogP contribution in [-0.4, -0.2) is 49.8 Å². The molecular weight excluding hydrogens is 294 g/mol. The maximum Gasteiger partial charge on any atom is 0.326 e. The van der Waals surface area contributed by atoms with E-state index in [0.717, 1.165) is 18.6 Å². The zero-order chi connectivity index (χ0) is 15.0. The summed E-state index contributed by atoms with van der Waals surface area (Å²) in [5, 5.41) is 9.85. The molecular formula is C13H15N3O4S. The van der Waals surface area contributed by atoms with Crippen LogP contribution in [0.1, 0.15) is 29.6 Å². The topological polar surface area (TPSA) is 92.5 Å². The van der Waals surface area contributed by atoms with Gasteiger partial charge in [0.25, 0.3) is 11.5 Å². The summed E-state index contributed by atoms with van der Waals surface area (Å²) in [6, 6.07) is -0.849. The molecule has 0 aliphatic carbocycles. The summed E-state index contributed by atoms with van der Waals surface area (Å²) in [4.78, 5) is 41.6. The number of nitrogens with zero attached hydrogens (tertiary/aromatic N) is 3. The van der Waals surface area contributed by atoms with E-state index >= 15 is 0 Å². The Morgan fingerprint density at radius 1 is 1.33 bits per heavy atom. The van der Waals surface area contributed by atoms with Crippen LogP contribution < -0.4 is 5.56 Å². The van der Waals surface area contributed by atoms with Gasteiger partial charge in [-0.25, -0.2) is 9.78 Å². The van der Waals surface area contributed by atoms with Gasteiger partial charge in [0.2, 0.25) is 0 Å². The second kappa shape index (κ2) is 5.51. The molecule has 0 unspecified atom stereocenters. The predicted molar refractivity (Wildman–Crippen MR) is 75.5 cm³/mol. The van der Waals surface area contributed by atoms with Gasteiger partial charge in [0, 0.05) is 25.0 Å². The molecule has 0 saturated carbocycles. The molecule has 0 spiro atoms. The van der Waals surface area contributed by atoms with E-state index in [2.05, 4.69) is 4.98 Å². The number of hydrogen-bond donors (Lipinski definition) is 1. The first-order valence-corrected chi connectivity index (χ1v) is 7.84. The number of carboxylic acids is 1. The summed E-state index contributed by atoms with van der Waals surface area (Å²) < 4.78 is 1.48. The highest BCUT2D eigenvalue weighted by atomic mass is 32.2. The second-order valence-electron chi connectivity index (χ2n) is 5.11. The molecule has 1 aromatic rings. The van der Waals surface area contributed by atoms with Crippen molar-refractivity contribution in [1.29, 1.82) is 0 Å². The number of thioether (sulfide) groups is 1. The van der Waals surface area contributed by atoms with Crippen LogP contribution in [0.5, 0.6) is 0 Å². The minimum Gasteiger partial charge on any atom is -0.480 e. The first-order chi connectivity index (χ1) is 10.1. The molecule has 1 saturated heterocycles. The average molecular weight is 309 g/mol. The third-order valence-corrected chi connectivity index (χ3v) is 4.81. The van der Waals surface area contributed by atoms with E-state index in [-0.39, 0.29) is 11.1 Å². The summed E-state index contributed by atoms with van der Waals surface area (Å²) in [7, 11) is 0. The van der Waals surface area contributed by atoms with Crippen molar-refractivity contribution in [3.63, 3.8) is 0 Å². The number of rotatable bonds is 2. The number of aliphatic carboxylic acids is 1. The number of aromatic nitrogens is 2. The lowest BCUT2D eigenvalue weighted by atomic mass is 10.0. The van der Waals surface area contributed by atoms with Crippen LogP contribution in [0.2, 0.25) is 0 Å². The Morgan fingerprint density at radius 2 is 2.14 bits per heavy atom. The zero-order valence-electron chi connectivity index (χ0n) is 11.3. The van der Waals surface area contributed by atoms with Crippen molar-refractivity contribution in [3.05, 3.63) is 22.1 Å². The lowest BCUT2D eigenvalue weighted by Gasteiger charge is -2.32. The normalized spacial score (nSPS) is 21.1. The van der Waals surface area contributed by atoms with Crippen LogP contribution in [0.25, 0.3) is 0 Å². The number of carboxylic acid groups (broad SMARTS) is 1. The van der Waals surface area contributed by atoms with Crippen molar-refractivity contribution in [3.8, 4) is 0 Å². The van der Waals surface area contributed by atoms with E-state index < -0.39 is 17.9 Å². The van der Waals surface area contributed by atoms with E-state index in [1.807, 2.05) is 0 Å². The average Bonchev–Trinajstić information content (AvgIpc) is 2.96. The number of likely N-dealkylation sites (tertiary alicyclic amines) is 1. The standard InChI is InChI=1S/C13H15N3O4S/c17-10(15-4-2-1-3-9(15)12(19)20)8-7-14-13-16(11(8)18)5-6-21-13/h7,9H,1-6H2,(H,19,20)/t9-/m0/s1. The van der Waals surface area contributed by atoms with Gasteiger partial charge in [0.15, 0.2) is 5.16 Å². The lowest BCUT2D eigenvalue weighted by Crippen LogP contribution is -2.49. The fourth-order valence-corrected chi connectivity index (χ4v) is 3.66. The van der Waals surface area contributed by atoms with Crippen molar-refractivity contribution in [2.75, 3.05) is 12.3 Å². The molecule has 0 bridgehead atoms. The molecule has 1 atom stereocenters. The third kappa shape index (κ3) is 2.44. The summed E-state index contributed by atoms with van der Waals surface area (Å²) in [6.45, 7) is 0.904. The minimum atomic E-state index is -1.02. The highest BCUT2D eigenvalue weighted by Gasteiger charge is 2.34. The number of fused-ring (bicyclic) bond motifs is 1. The predicted octanol–water partition coefficient (Wildman–Crippen LogP) is 0.428. The lowest BCUT2D eigenvalue weighted by molar-refractivity contribution is -0.143.